The Balaban J connectivity index is 2.25. The Morgan fingerprint density at radius 3 is 2.67 bits per heavy atom. The van der Waals surface area contributed by atoms with Gasteiger partial charge in [0.05, 0.1) is 13.0 Å². The van der Waals surface area contributed by atoms with E-state index in [2.05, 4.69) is 10.3 Å². The summed E-state index contributed by atoms with van der Waals surface area (Å²) in [4.78, 5) is 37.7. The summed E-state index contributed by atoms with van der Waals surface area (Å²) < 4.78 is 0. The molecule has 18 heavy (non-hydrogen) atoms. The summed E-state index contributed by atoms with van der Waals surface area (Å²) in [6.45, 7) is 2.13. The van der Waals surface area contributed by atoms with Gasteiger partial charge in [0.15, 0.2) is 0 Å². The molecule has 0 saturated carbocycles. The van der Waals surface area contributed by atoms with Crippen molar-refractivity contribution in [1.29, 1.82) is 0 Å². The minimum Gasteiger partial charge on any atom is -0.481 e. The van der Waals surface area contributed by atoms with Crippen LogP contribution < -0.4 is 10.6 Å². The molecule has 0 atom stereocenters. The Hall–Kier alpha value is -1.96. The quantitative estimate of drug-likeness (QED) is 0.728. The van der Waals surface area contributed by atoms with Gasteiger partial charge in [0.2, 0.25) is 5.91 Å². The molecule has 3 amide bonds. The van der Waals surface area contributed by atoms with Crippen molar-refractivity contribution in [3.63, 3.8) is 0 Å². The molecule has 0 aliphatic carbocycles. The van der Waals surface area contributed by atoms with E-state index in [0.717, 1.165) is 9.88 Å². The molecule has 1 aromatic heterocycles. The fourth-order valence-corrected chi connectivity index (χ4v) is 1.82. The van der Waals surface area contributed by atoms with Crippen molar-refractivity contribution in [2.45, 2.75) is 26.3 Å². The molecule has 1 heterocycles. The molecule has 0 aromatic carbocycles. The fourth-order valence-electron chi connectivity index (χ4n) is 1.09. The number of urea groups is 1. The predicted molar refractivity (Wildman–Crippen MR) is 64.1 cm³/mol. The van der Waals surface area contributed by atoms with Gasteiger partial charge in [0.25, 0.3) is 0 Å². The highest BCUT2D eigenvalue weighted by molar-refractivity contribution is 7.11. The molecule has 98 valence electrons. The highest BCUT2D eigenvalue weighted by Crippen LogP contribution is 2.10. The minimum atomic E-state index is -1.08. The number of nitrogens with zero attached hydrogens (tertiary/aromatic N) is 1. The van der Waals surface area contributed by atoms with Crippen LogP contribution in [0.3, 0.4) is 0 Å². The fraction of sp³-hybridized carbons (Fsp3) is 0.400. The largest absolute Gasteiger partial charge is 0.481 e. The van der Waals surface area contributed by atoms with Crippen molar-refractivity contribution < 1.29 is 19.5 Å². The van der Waals surface area contributed by atoms with Crippen molar-refractivity contribution in [3.05, 3.63) is 16.1 Å². The number of amides is 3. The van der Waals surface area contributed by atoms with Crippen molar-refractivity contribution in [2.24, 2.45) is 0 Å². The van der Waals surface area contributed by atoms with Crippen molar-refractivity contribution in [1.82, 2.24) is 15.6 Å². The van der Waals surface area contributed by atoms with Crippen LogP contribution >= 0.6 is 11.3 Å². The third-order valence-electron chi connectivity index (χ3n) is 1.89. The number of carboxylic acids is 1. The van der Waals surface area contributed by atoms with Gasteiger partial charge in [-0.1, -0.05) is 0 Å². The summed E-state index contributed by atoms with van der Waals surface area (Å²) in [5, 5.41) is 13.6. The van der Waals surface area contributed by atoms with E-state index in [9.17, 15) is 14.4 Å². The topological polar surface area (TPSA) is 108 Å². The second-order valence-electron chi connectivity index (χ2n) is 3.49. The van der Waals surface area contributed by atoms with Gasteiger partial charge in [0.1, 0.15) is 5.01 Å². The number of rotatable bonds is 5. The van der Waals surface area contributed by atoms with E-state index in [-0.39, 0.29) is 19.4 Å². The van der Waals surface area contributed by atoms with Gasteiger partial charge in [-0.2, -0.15) is 0 Å². The number of carboxylic acid groups (broad SMARTS) is 1. The zero-order chi connectivity index (χ0) is 13.5. The molecule has 0 aliphatic heterocycles. The van der Waals surface area contributed by atoms with Crippen LogP contribution in [-0.4, -0.2) is 28.0 Å². The maximum Gasteiger partial charge on any atom is 0.321 e. The summed E-state index contributed by atoms with van der Waals surface area (Å²) in [6, 6.07) is -0.654. The van der Waals surface area contributed by atoms with Gasteiger partial charge in [-0.15, -0.1) is 11.3 Å². The summed E-state index contributed by atoms with van der Waals surface area (Å²) in [5.74, 6) is -1.70. The summed E-state index contributed by atoms with van der Waals surface area (Å²) in [7, 11) is 0. The lowest BCUT2D eigenvalue weighted by atomic mass is 10.3. The van der Waals surface area contributed by atoms with Crippen molar-refractivity contribution in [3.8, 4) is 0 Å². The number of thiazole rings is 1. The van der Waals surface area contributed by atoms with Crippen LogP contribution in [0, 0.1) is 6.92 Å². The predicted octanol–water partition coefficient (Wildman–Crippen LogP) is 0.642. The average molecular weight is 271 g/mol. The van der Waals surface area contributed by atoms with Crippen LogP contribution in [0.25, 0.3) is 0 Å². The second kappa shape index (κ2) is 6.70. The zero-order valence-electron chi connectivity index (χ0n) is 9.73. The maximum absolute atomic E-state index is 11.3. The number of hydrogen-bond acceptors (Lipinski definition) is 5. The van der Waals surface area contributed by atoms with E-state index < -0.39 is 17.9 Å². The van der Waals surface area contributed by atoms with Gasteiger partial charge >= 0.3 is 12.0 Å². The van der Waals surface area contributed by atoms with E-state index in [1.807, 2.05) is 12.2 Å². The Kier molecular flexibility index (Phi) is 5.25. The Labute approximate surface area is 107 Å². The molecule has 0 bridgehead atoms. The third-order valence-corrected chi connectivity index (χ3v) is 2.80. The first-order chi connectivity index (χ1) is 8.47. The molecule has 3 N–H and O–H groups in total. The van der Waals surface area contributed by atoms with E-state index in [0.29, 0.717) is 0 Å². The minimum absolute atomic E-state index is 0.223. The number of aliphatic carboxylic acids is 1. The normalized spacial score (nSPS) is 9.83. The summed E-state index contributed by atoms with van der Waals surface area (Å²) in [6.07, 6.45) is 1.17. The third kappa shape index (κ3) is 5.39. The van der Waals surface area contributed by atoms with Gasteiger partial charge in [-0.3, -0.25) is 14.9 Å². The van der Waals surface area contributed by atoms with E-state index >= 15 is 0 Å². The average Bonchev–Trinajstić information content (AvgIpc) is 2.70. The number of nitrogens with one attached hydrogen (secondary N) is 2. The van der Waals surface area contributed by atoms with E-state index in [1.54, 1.807) is 6.20 Å². The van der Waals surface area contributed by atoms with Crippen molar-refractivity contribution in [2.75, 3.05) is 0 Å². The molecule has 8 heteroatoms. The van der Waals surface area contributed by atoms with Crippen LogP contribution in [0.2, 0.25) is 0 Å². The van der Waals surface area contributed by atoms with Gasteiger partial charge in [-0.05, 0) is 6.92 Å². The maximum atomic E-state index is 11.3. The molecule has 0 aliphatic rings. The number of hydrogen-bond donors (Lipinski definition) is 3. The molecule has 0 radical (unpaired) electrons. The standard InChI is InChI=1S/C10H13N3O4S/c1-6-4-11-8(18-6)5-12-10(17)13-7(14)2-3-9(15)16/h4H,2-3,5H2,1H3,(H,15,16)(H2,12,13,14,17). The second-order valence-corrected chi connectivity index (χ2v) is 4.81. The van der Waals surface area contributed by atoms with Gasteiger partial charge in [-0.25, -0.2) is 9.78 Å². The zero-order valence-corrected chi connectivity index (χ0v) is 10.5. The first-order valence-corrected chi connectivity index (χ1v) is 6.00. The van der Waals surface area contributed by atoms with Crippen LogP contribution in [0.5, 0.6) is 0 Å². The molecular formula is C10H13N3O4S. The molecule has 0 saturated heterocycles. The molecule has 0 spiro atoms. The summed E-state index contributed by atoms with van der Waals surface area (Å²) >= 11 is 1.45. The Morgan fingerprint density at radius 1 is 1.39 bits per heavy atom. The molecule has 0 fully saturated rings. The summed E-state index contributed by atoms with van der Waals surface area (Å²) in [5.41, 5.74) is 0. The van der Waals surface area contributed by atoms with Gasteiger partial charge in [0, 0.05) is 17.5 Å². The first-order valence-electron chi connectivity index (χ1n) is 5.18. The lowest BCUT2D eigenvalue weighted by Crippen LogP contribution is -2.39. The highest BCUT2D eigenvalue weighted by atomic mass is 32.1. The Bertz CT molecular complexity index is 458. The molecule has 0 unspecified atom stereocenters. The van der Waals surface area contributed by atoms with Crippen LogP contribution in [0.4, 0.5) is 4.79 Å². The smallest absolute Gasteiger partial charge is 0.321 e. The number of aromatic nitrogens is 1. The number of carbonyl (C=O) groups is 3. The number of carbonyl (C=O) groups excluding carboxylic acids is 2. The molecule has 7 nitrogen and oxygen atoms in total. The monoisotopic (exact) mass is 271 g/mol. The molecule has 1 aromatic rings. The first kappa shape index (κ1) is 14.1. The number of imide groups is 1. The van der Waals surface area contributed by atoms with E-state index in [1.165, 1.54) is 11.3 Å². The van der Waals surface area contributed by atoms with Crippen LogP contribution in [0.1, 0.15) is 22.7 Å². The molecule has 1 rings (SSSR count). The lowest BCUT2D eigenvalue weighted by molar-refractivity contribution is -0.138. The number of aryl methyl sites for hydroxylation is 1. The molecular weight excluding hydrogens is 258 g/mol. The van der Waals surface area contributed by atoms with Gasteiger partial charge < -0.3 is 10.4 Å². The highest BCUT2D eigenvalue weighted by Gasteiger charge is 2.09. The van der Waals surface area contributed by atoms with E-state index in [4.69, 9.17) is 5.11 Å². The SMILES string of the molecule is Cc1cnc(CNC(=O)NC(=O)CCC(=O)O)s1. The van der Waals surface area contributed by atoms with Crippen LogP contribution in [-0.2, 0) is 16.1 Å². The van der Waals surface area contributed by atoms with Crippen LogP contribution in [0.15, 0.2) is 6.20 Å². The van der Waals surface area contributed by atoms with Crippen molar-refractivity contribution >= 4 is 29.2 Å². The Morgan fingerprint density at radius 2 is 2.11 bits per heavy atom. The lowest BCUT2D eigenvalue weighted by Gasteiger charge is -2.04.